The second-order valence-corrected chi connectivity index (χ2v) is 6.72. The first kappa shape index (κ1) is 22.1. The number of nitrogens with one attached hydrogen (secondary N) is 2. The monoisotopic (exact) mass is 436 g/mol. The number of carbonyl (C=O) groups is 2. The Labute approximate surface area is 174 Å². The molecule has 2 amide bonds. The van der Waals surface area contributed by atoms with Crippen molar-refractivity contribution in [2.75, 3.05) is 11.9 Å². The summed E-state index contributed by atoms with van der Waals surface area (Å²) in [5.74, 6) is -1.32. The summed E-state index contributed by atoms with van der Waals surface area (Å²) in [5, 5.41) is 14.8. The Kier molecular flexibility index (Phi) is 6.16. The van der Waals surface area contributed by atoms with Crippen molar-refractivity contribution < 1.29 is 32.3 Å². The quantitative estimate of drug-likeness (QED) is 0.450. The SMILES string of the molecule is Cc1oc2ccc(NCc3cccnc3C(F)(F)F)cc2c1C(=O)N[C@@H](CO)C(N)=O. The number of rotatable bonds is 7. The van der Waals surface area contributed by atoms with Crippen LogP contribution in [0.4, 0.5) is 18.9 Å². The van der Waals surface area contributed by atoms with Crippen LogP contribution >= 0.6 is 0 Å². The van der Waals surface area contributed by atoms with E-state index in [0.29, 0.717) is 16.7 Å². The molecule has 0 unspecified atom stereocenters. The molecule has 3 rings (SSSR count). The highest BCUT2D eigenvalue weighted by Gasteiger charge is 2.34. The smallest absolute Gasteiger partial charge is 0.433 e. The van der Waals surface area contributed by atoms with Gasteiger partial charge in [0.2, 0.25) is 5.91 Å². The lowest BCUT2D eigenvalue weighted by atomic mass is 10.1. The average Bonchev–Trinajstić information content (AvgIpc) is 3.04. The van der Waals surface area contributed by atoms with E-state index in [-0.39, 0.29) is 23.4 Å². The molecule has 0 aliphatic heterocycles. The van der Waals surface area contributed by atoms with Gasteiger partial charge in [0, 0.05) is 29.4 Å². The van der Waals surface area contributed by atoms with E-state index in [2.05, 4.69) is 15.6 Å². The largest absolute Gasteiger partial charge is 0.461 e. The van der Waals surface area contributed by atoms with Crippen LogP contribution in [0.5, 0.6) is 0 Å². The van der Waals surface area contributed by atoms with Crippen molar-refractivity contribution in [1.29, 1.82) is 0 Å². The van der Waals surface area contributed by atoms with Gasteiger partial charge >= 0.3 is 6.18 Å². The van der Waals surface area contributed by atoms with E-state index in [0.717, 1.165) is 6.20 Å². The number of primary amides is 1. The molecule has 11 heteroatoms. The van der Waals surface area contributed by atoms with Gasteiger partial charge in [0.15, 0.2) is 0 Å². The summed E-state index contributed by atoms with van der Waals surface area (Å²) in [6, 6.07) is 6.16. The van der Waals surface area contributed by atoms with Gasteiger partial charge in [0.25, 0.3) is 5.91 Å². The molecule has 1 aromatic carbocycles. The number of benzene rings is 1. The molecule has 31 heavy (non-hydrogen) atoms. The number of anilines is 1. The third kappa shape index (κ3) is 4.77. The van der Waals surface area contributed by atoms with Crippen LogP contribution in [0.25, 0.3) is 11.0 Å². The second kappa shape index (κ2) is 8.64. The first-order valence-electron chi connectivity index (χ1n) is 9.11. The van der Waals surface area contributed by atoms with Crippen LogP contribution < -0.4 is 16.4 Å². The van der Waals surface area contributed by atoms with Gasteiger partial charge in [-0.25, -0.2) is 0 Å². The van der Waals surface area contributed by atoms with Gasteiger partial charge in [0.1, 0.15) is 23.1 Å². The summed E-state index contributed by atoms with van der Waals surface area (Å²) in [6.07, 6.45) is -3.51. The summed E-state index contributed by atoms with van der Waals surface area (Å²) in [4.78, 5) is 27.3. The molecule has 164 valence electrons. The molecule has 1 atom stereocenters. The molecule has 0 fully saturated rings. The number of fused-ring (bicyclic) bond motifs is 1. The Morgan fingerprint density at radius 1 is 1.29 bits per heavy atom. The van der Waals surface area contributed by atoms with E-state index in [1.165, 1.54) is 12.1 Å². The van der Waals surface area contributed by atoms with Crippen molar-refractivity contribution in [3.05, 3.63) is 59.1 Å². The van der Waals surface area contributed by atoms with Crippen LogP contribution in [-0.2, 0) is 17.5 Å². The minimum absolute atomic E-state index is 0.0383. The standard InChI is InChI=1S/C20H19F3N4O4/c1-10-16(19(30)27-14(9-28)18(24)29)13-7-12(4-5-15(13)31-10)26-8-11-3-2-6-25-17(11)20(21,22)23/h2-7,14,26,28H,8-9H2,1H3,(H2,24,29)(H,27,30)/t14-/m0/s1. The molecule has 2 heterocycles. The molecule has 8 nitrogen and oxygen atoms in total. The maximum atomic E-state index is 13.1. The van der Waals surface area contributed by atoms with E-state index in [9.17, 15) is 27.9 Å². The predicted octanol–water partition coefficient (Wildman–Crippen LogP) is 2.34. The summed E-state index contributed by atoms with van der Waals surface area (Å²) in [7, 11) is 0. The number of hydrogen-bond donors (Lipinski definition) is 4. The maximum Gasteiger partial charge on any atom is 0.433 e. The highest BCUT2D eigenvalue weighted by molar-refractivity contribution is 6.09. The molecule has 0 spiro atoms. The summed E-state index contributed by atoms with van der Waals surface area (Å²) in [5.41, 5.74) is 5.03. The summed E-state index contributed by atoms with van der Waals surface area (Å²) in [6.45, 7) is 0.724. The van der Waals surface area contributed by atoms with Gasteiger partial charge < -0.3 is 25.9 Å². The number of aliphatic hydroxyl groups excluding tert-OH is 1. The van der Waals surface area contributed by atoms with Crippen LogP contribution in [0, 0.1) is 6.92 Å². The molecule has 0 aliphatic carbocycles. The molecule has 0 saturated carbocycles. The van der Waals surface area contributed by atoms with Gasteiger partial charge in [-0.2, -0.15) is 13.2 Å². The van der Waals surface area contributed by atoms with E-state index in [1.54, 1.807) is 25.1 Å². The molecular weight excluding hydrogens is 417 g/mol. The van der Waals surface area contributed by atoms with E-state index in [4.69, 9.17) is 10.2 Å². The topological polar surface area (TPSA) is 130 Å². The Bertz CT molecular complexity index is 1130. The molecular formula is C20H19F3N4O4. The number of aromatic nitrogens is 1. The Morgan fingerprint density at radius 2 is 2.03 bits per heavy atom. The van der Waals surface area contributed by atoms with Crippen molar-refractivity contribution in [2.24, 2.45) is 5.73 Å². The second-order valence-electron chi connectivity index (χ2n) is 6.72. The molecule has 0 aliphatic rings. The Hall–Kier alpha value is -3.60. The fourth-order valence-corrected chi connectivity index (χ4v) is 3.08. The number of nitrogens with two attached hydrogens (primary N) is 1. The number of aliphatic hydroxyl groups is 1. The van der Waals surface area contributed by atoms with Crippen molar-refractivity contribution in [3.8, 4) is 0 Å². The summed E-state index contributed by atoms with van der Waals surface area (Å²) < 4.78 is 44.9. The maximum absolute atomic E-state index is 13.1. The lowest BCUT2D eigenvalue weighted by Crippen LogP contribution is -2.46. The van der Waals surface area contributed by atoms with Crippen LogP contribution in [0.1, 0.15) is 27.4 Å². The van der Waals surface area contributed by atoms with Crippen molar-refractivity contribution in [1.82, 2.24) is 10.3 Å². The third-order valence-corrected chi connectivity index (χ3v) is 4.57. The first-order valence-corrected chi connectivity index (χ1v) is 9.11. The van der Waals surface area contributed by atoms with Gasteiger partial charge in [-0.15, -0.1) is 0 Å². The number of carbonyl (C=O) groups excluding carboxylic acids is 2. The highest BCUT2D eigenvalue weighted by Crippen LogP contribution is 2.31. The number of furan rings is 1. The van der Waals surface area contributed by atoms with Gasteiger partial charge in [-0.3, -0.25) is 14.6 Å². The average molecular weight is 436 g/mol. The van der Waals surface area contributed by atoms with Crippen LogP contribution in [-0.4, -0.2) is 34.6 Å². The molecule has 2 aromatic heterocycles. The molecule has 0 radical (unpaired) electrons. The minimum atomic E-state index is -4.58. The zero-order chi connectivity index (χ0) is 22.8. The zero-order valence-corrected chi connectivity index (χ0v) is 16.3. The highest BCUT2D eigenvalue weighted by atomic mass is 19.4. The first-order chi connectivity index (χ1) is 14.6. The number of halogens is 3. The lowest BCUT2D eigenvalue weighted by Gasteiger charge is -2.13. The number of alkyl halides is 3. The van der Waals surface area contributed by atoms with Gasteiger partial charge in [-0.1, -0.05) is 6.07 Å². The summed E-state index contributed by atoms with van der Waals surface area (Å²) >= 11 is 0. The Morgan fingerprint density at radius 3 is 2.68 bits per heavy atom. The number of pyridine rings is 1. The molecule has 0 bridgehead atoms. The minimum Gasteiger partial charge on any atom is -0.461 e. The van der Waals surface area contributed by atoms with Crippen molar-refractivity contribution >= 4 is 28.5 Å². The fourth-order valence-electron chi connectivity index (χ4n) is 3.08. The van der Waals surface area contributed by atoms with Gasteiger partial charge in [-0.05, 0) is 31.2 Å². The zero-order valence-electron chi connectivity index (χ0n) is 16.3. The number of aryl methyl sites for hydroxylation is 1. The van der Waals surface area contributed by atoms with Crippen molar-refractivity contribution in [2.45, 2.75) is 25.7 Å². The molecule has 0 saturated heterocycles. The lowest BCUT2D eigenvalue weighted by molar-refractivity contribution is -0.141. The van der Waals surface area contributed by atoms with E-state index in [1.807, 2.05) is 0 Å². The third-order valence-electron chi connectivity index (χ3n) is 4.57. The van der Waals surface area contributed by atoms with Crippen LogP contribution in [0.3, 0.4) is 0 Å². The molecule has 3 aromatic rings. The molecule has 5 N–H and O–H groups in total. The Balaban J connectivity index is 1.87. The number of hydrogen-bond acceptors (Lipinski definition) is 6. The van der Waals surface area contributed by atoms with E-state index >= 15 is 0 Å². The predicted molar refractivity (Wildman–Crippen MR) is 105 cm³/mol. The normalized spacial score (nSPS) is 12.5. The number of amides is 2. The van der Waals surface area contributed by atoms with Crippen LogP contribution in [0.2, 0.25) is 0 Å². The van der Waals surface area contributed by atoms with Crippen LogP contribution in [0.15, 0.2) is 40.9 Å². The van der Waals surface area contributed by atoms with Gasteiger partial charge in [0.05, 0.1) is 12.2 Å². The van der Waals surface area contributed by atoms with Crippen molar-refractivity contribution in [3.63, 3.8) is 0 Å². The number of nitrogens with zero attached hydrogens (tertiary/aromatic N) is 1. The van der Waals surface area contributed by atoms with E-state index < -0.39 is 36.3 Å². The fraction of sp³-hybridized carbons (Fsp3) is 0.250.